The fourth-order valence-corrected chi connectivity index (χ4v) is 3.96. The number of dihydropyridines is 1. The van der Waals surface area contributed by atoms with Gasteiger partial charge >= 0.3 is 11.9 Å². The van der Waals surface area contributed by atoms with Crippen LogP contribution in [0.15, 0.2) is 34.8 Å². The van der Waals surface area contributed by atoms with Gasteiger partial charge < -0.3 is 19.5 Å². The highest BCUT2D eigenvalue weighted by atomic mass is 16.5. The smallest absolute Gasteiger partial charge is 0.336 e. The number of ether oxygens (including phenoxy) is 3. The zero-order valence-corrected chi connectivity index (χ0v) is 17.5. The average molecular weight is 403 g/mol. The first-order chi connectivity index (χ1) is 14.0. The fourth-order valence-electron chi connectivity index (χ4n) is 3.96. The number of esters is 2. The van der Waals surface area contributed by atoms with Crippen molar-refractivity contribution in [2.45, 2.75) is 59.1 Å². The molecule has 1 saturated heterocycles. The molecular weight excluding hydrogens is 374 g/mol. The minimum absolute atomic E-state index is 0.226. The Bertz CT molecular complexity index is 793. The van der Waals surface area contributed by atoms with E-state index in [1.807, 2.05) is 19.9 Å². The van der Waals surface area contributed by atoms with Crippen molar-refractivity contribution in [3.8, 4) is 0 Å². The first-order valence-corrected chi connectivity index (χ1v) is 10.2. The molecule has 0 radical (unpaired) electrons. The van der Waals surface area contributed by atoms with Crippen molar-refractivity contribution in [3.63, 3.8) is 0 Å². The lowest BCUT2D eigenvalue weighted by Crippen LogP contribution is -2.34. The van der Waals surface area contributed by atoms with Gasteiger partial charge in [-0.25, -0.2) is 14.3 Å². The van der Waals surface area contributed by atoms with E-state index in [-0.39, 0.29) is 19.4 Å². The first-order valence-electron chi connectivity index (χ1n) is 10.2. The number of allylic oxidation sites excluding steroid dienone is 2. The van der Waals surface area contributed by atoms with Crippen molar-refractivity contribution >= 4 is 11.9 Å². The predicted octanol–water partition coefficient (Wildman–Crippen LogP) is 2.94. The van der Waals surface area contributed by atoms with E-state index in [0.29, 0.717) is 34.8 Å². The summed E-state index contributed by atoms with van der Waals surface area (Å²) in [6.45, 7) is 8.27. The van der Waals surface area contributed by atoms with E-state index in [0.717, 1.165) is 19.3 Å². The van der Waals surface area contributed by atoms with Crippen LogP contribution in [0, 0.1) is 0 Å². The Morgan fingerprint density at radius 3 is 2.28 bits per heavy atom. The number of rotatable bonds is 6. The van der Waals surface area contributed by atoms with Gasteiger partial charge in [0, 0.05) is 24.2 Å². The maximum absolute atomic E-state index is 12.9. The van der Waals surface area contributed by atoms with Gasteiger partial charge in [-0.2, -0.15) is 5.10 Å². The third-order valence-corrected chi connectivity index (χ3v) is 5.18. The second-order valence-corrected chi connectivity index (χ2v) is 7.10. The third kappa shape index (κ3) is 4.22. The summed E-state index contributed by atoms with van der Waals surface area (Å²) in [5.41, 5.74) is 2.78. The lowest BCUT2D eigenvalue weighted by Gasteiger charge is -2.32. The molecule has 2 aliphatic rings. The van der Waals surface area contributed by atoms with E-state index in [1.54, 1.807) is 24.7 Å². The molecule has 8 heteroatoms. The van der Waals surface area contributed by atoms with Crippen LogP contribution in [0.3, 0.4) is 0 Å². The van der Waals surface area contributed by atoms with Crippen LogP contribution in [0.2, 0.25) is 0 Å². The number of nitrogens with zero attached hydrogens (tertiary/aromatic N) is 2. The molecule has 1 aromatic rings. The molecule has 0 spiro atoms. The lowest BCUT2D eigenvalue weighted by molar-refractivity contribution is -0.139. The largest absolute Gasteiger partial charge is 0.463 e. The summed E-state index contributed by atoms with van der Waals surface area (Å²) in [5.74, 6) is -1.58. The summed E-state index contributed by atoms with van der Waals surface area (Å²) < 4.78 is 18.3. The second kappa shape index (κ2) is 9.26. The van der Waals surface area contributed by atoms with Gasteiger partial charge in [0.05, 0.1) is 36.0 Å². The Kier molecular flexibility index (Phi) is 6.74. The van der Waals surface area contributed by atoms with Crippen LogP contribution in [0.1, 0.15) is 64.8 Å². The normalized spacial score (nSPS) is 20.5. The van der Waals surface area contributed by atoms with Crippen LogP contribution in [-0.2, 0) is 23.8 Å². The van der Waals surface area contributed by atoms with Crippen LogP contribution in [-0.4, -0.2) is 41.5 Å². The van der Waals surface area contributed by atoms with Crippen molar-refractivity contribution in [3.05, 3.63) is 40.5 Å². The van der Waals surface area contributed by atoms with Crippen molar-refractivity contribution < 1.29 is 23.8 Å². The second-order valence-electron chi connectivity index (χ2n) is 7.10. The monoisotopic (exact) mass is 403 g/mol. The molecule has 0 aliphatic carbocycles. The van der Waals surface area contributed by atoms with E-state index in [2.05, 4.69) is 10.4 Å². The number of nitrogens with one attached hydrogen (secondary N) is 1. The van der Waals surface area contributed by atoms with Crippen molar-refractivity contribution in [1.29, 1.82) is 0 Å². The molecule has 3 heterocycles. The lowest BCUT2D eigenvalue weighted by atomic mass is 9.83. The van der Waals surface area contributed by atoms with Gasteiger partial charge in [-0.15, -0.1) is 0 Å². The number of hydrogen-bond acceptors (Lipinski definition) is 7. The van der Waals surface area contributed by atoms with E-state index < -0.39 is 17.9 Å². The average Bonchev–Trinajstić information content (AvgIpc) is 3.17. The fraction of sp³-hybridized carbons (Fsp3) is 0.571. The van der Waals surface area contributed by atoms with Gasteiger partial charge in [0.2, 0.25) is 0 Å². The van der Waals surface area contributed by atoms with Gasteiger partial charge in [-0.3, -0.25) is 0 Å². The molecule has 158 valence electrons. The molecule has 1 aromatic heterocycles. The Morgan fingerprint density at radius 2 is 1.76 bits per heavy atom. The summed E-state index contributed by atoms with van der Waals surface area (Å²) in [7, 11) is 0. The Morgan fingerprint density at radius 1 is 1.14 bits per heavy atom. The quantitative estimate of drug-likeness (QED) is 0.730. The third-order valence-electron chi connectivity index (χ3n) is 5.18. The van der Waals surface area contributed by atoms with Crippen molar-refractivity contribution in [2.24, 2.45) is 0 Å². The first kappa shape index (κ1) is 21.1. The zero-order valence-electron chi connectivity index (χ0n) is 17.5. The Balaban J connectivity index is 2.12. The molecular formula is C21H29N3O5. The highest BCUT2D eigenvalue weighted by Gasteiger charge is 2.40. The maximum atomic E-state index is 12.9. The molecule has 1 fully saturated rings. The van der Waals surface area contributed by atoms with Gasteiger partial charge in [0.25, 0.3) is 0 Å². The topological polar surface area (TPSA) is 91.7 Å². The SMILES string of the molecule is CCOC(=O)C1=C(C)NC(C)=C(C(=O)OCC)C1c1ccnn1[C@H]1CCCCO1. The molecule has 0 bridgehead atoms. The molecule has 0 saturated carbocycles. The molecule has 8 nitrogen and oxygen atoms in total. The van der Waals surface area contributed by atoms with Gasteiger partial charge in [0.15, 0.2) is 0 Å². The van der Waals surface area contributed by atoms with E-state index >= 15 is 0 Å². The van der Waals surface area contributed by atoms with Crippen LogP contribution < -0.4 is 5.32 Å². The summed E-state index contributed by atoms with van der Waals surface area (Å²) in [6, 6.07) is 1.83. The van der Waals surface area contributed by atoms with Crippen LogP contribution >= 0.6 is 0 Å². The summed E-state index contributed by atoms with van der Waals surface area (Å²) in [6.07, 6.45) is 4.33. The minimum atomic E-state index is -0.651. The molecule has 2 aliphatic heterocycles. The predicted molar refractivity (Wildman–Crippen MR) is 106 cm³/mol. The molecule has 0 aromatic carbocycles. The Labute approximate surface area is 170 Å². The van der Waals surface area contributed by atoms with Crippen LogP contribution in [0.4, 0.5) is 0 Å². The zero-order chi connectivity index (χ0) is 21.0. The standard InChI is InChI=1S/C21H29N3O5/c1-5-27-20(25)17-13(3)23-14(4)18(21(26)28-6-2)19(17)15-10-11-22-24(15)16-9-7-8-12-29-16/h10-11,16,19,23H,5-9,12H2,1-4H3/t16-/m1/s1. The number of carbonyl (C=O) groups excluding carboxylic acids is 2. The summed E-state index contributed by atoms with van der Waals surface area (Å²) >= 11 is 0. The summed E-state index contributed by atoms with van der Waals surface area (Å²) in [4.78, 5) is 25.8. The Hall–Kier alpha value is -2.61. The van der Waals surface area contributed by atoms with E-state index in [9.17, 15) is 9.59 Å². The molecule has 1 atom stereocenters. The number of hydrogen-bond donors (Lipinski definition) is 1. The molecule has 29 heavy (non-hydrogen) atoms. The molecule has 0 amide bonds. The van der Waals surface area contributed by atoms with Crippen molar-refractivity contribution in [2.75, 3.05) is 19.8 Å². The number of aromatic nitrogens is 2. The molecule has 0 unspecified atom stereocenters. The van der Waals surface area contributed by atoms with Gasteiger partial charge in [-0.1, -0.05) is 0 Å². The summed E-state index contributed by atoms with van der Waals surface area (Å²) in [5, 5.41) is 7.61. The molecule has 3 rings (SSSR count). The van der Waals surface area contributed by atoms with Gasteiger partial charge in [-0.05, 0) is 53.0 Å². The maximum Gasteiger partial charge on any atom is 0.336 e. The van der Waals surface area contributed by atoms with Crippen molar-refractivity contribution in [1.82, 2.24) is 15.1 Å². The minimum Gasteiger partial charge on any atom is -0.463 e. The highest BCUT2D eigenvalue weighted by molar-refractivity contribution is 5.99. The number of carbonyl (C=O) groups is 2. The highest BCUT2D eigenvalue weighted by Crippen LogP contribution is 2.40. The van der Waals surface area contributed by atoms with Gasteiger partial charge in [0.1, 0.15) is 6.23 Å². The van der Waals surface area contributed by atoms with Crippen LogP contribution in [0.25, 0.3) is 0 Å². The molecule has 1 N–H and O–H groups in total. The van der Waals surface area contributed by atoms with E-state index in [1.165, 1.54) is 0 Å². The van der Waals surface area contributed by atoms with E-state index in [4.69, 9.17) is 14.2 Å². The van der Waals surface area contributed by atoms with Crippen LogP contribution in [0.5, 0.6) is 0 Å².